The third-order valence-electron chi connectivity index (χ3n) is 7.52. The minimum atomic E-state index is -3.86. The second-order valence-corrected chi connectivity index (χ2v) is 13.0. The van der Waals surface area contributed by atoms with Crippen LogP contribution in [0.5, 0.6) is 5.75 Å². The van der Waals surface area contributed by atoms with Gasteiger partial charge in [0.05, 0.1) is 24.6 Å². The van der Waals surface area contributed by atoms with Crippen LogP contribution < -0.4 is 10.5 Å². The summed E-state index contributed by atoms with van der Waals surface area (Å²) in [6.45, 7) is 5.57. The van der Waals surface area contributed by atoms with E-state index in [1.54, 1.807) is 26.0 Å². The van der Waals surface area contributed by atoms with E-state index in [2.05, 4.69) is 0 Å². The van der Waals surface area contributed by atoms with Crippen LogP contribution in [0.2, 0.25) is 0 Å². The van der Waals surface area contributed by atoms with Crippen molar-refractivity contribution in [3.63, 3.8) is 0 Å². The largest absolute Gasteiger partial charge is 0.493 e. The zero-order valence-corrected chi connectivity index (χ0v) is 20.6. The molecule has 2 aliphatic heterocycles. The van der Waals surface area contributed by atoms with E-state index < -0.39 is 37.3 Å². The van der Waals surface area contributed by atoms with Gasteiger partial charge in [0, 0.05) is 5.56 Å². The van der Waals surface area contributed by atoms with Crippen molar-refractivity contribution < 1.29 is 22.3 Å². The number of hydrogen-bond acceptors (Lipinski definition) is 6. The molecule has 3 aliphatic rings. The van der Waals surface area contributed by atoms with Gasteiger partial charge >= 0.3 is 0 Å². The zero-order valence-electron chi connectivity index (χ0n) is 19.8. The highest BCUT2D eigenvalue weighted by Crippen LogP contribution is 2.51. The number of fused-ring (bicyclic) bond motifs is 1. The van der Waals surface area contributed by atoms with E-state index in [0.29, 0.717) is 18.3 Å². The molecule has 8 heteroatoms. The summed E-state index contributed by atoms with van der Waals surface area (Å²) in [4.78, 5) is 4.70. The molecule has 2 aromatic rings. The smallest absolute Gasteiger partial charge is 0.168 e. The Balaban J connectivity index is 1.61. The van der Waals surface area contributed by atoms with E-state index in [1.807, 2.05) is 31.2 Å². The van der Waals surface area contributed by atoms with Crippen molar-refractivity contribution >= 4 is 15.7 Å². The lowest BCUT2D eigenvalue weighted by Gasteiger charge is -2.49. The van der Waals surface area contributed by atoms with Gasteiger partial charge in [0.1, 0.15) is 27.7 Å². The van der Waals surface area contributed by atoms with Crippen molar-refractivity contribution in [1.82, 2.24) is 0 Å². The average Bonchev–Trinajstić information content (AvgIpc) is 3.63. The number of nitrogens with zero attached hydrogens (tertiary/aromatic N) is 1. The van der Waals surface area contributed by atoms with E-state index in [1.165, 1.54) is 6.07 Å². The maximum absolute atomic E-state index is 15.4. The van der Waals surface area contributed by atoms with Crippen molar-refractivity contribution in [2.45, 2.75) is 61.7 Å². The molecule has 0 bridgehead atoms. The lowest BCUT2D eigenvalue weighted by atomic mass is 9.81. The van der Waals surface area contributed by atoms with Crippen LogP contribution in [-0.2, 0) is 20.1 Å². The fraction of sp³-hybridized carbons (Fsp3) is 0.500. The number of benzene rings is 2. The van der Waals surface area contributed by atoms with Crippen LogP contribution >= 0.6 is 0 Å². The van der Waals surface area contributed by atoms with Gasteiger partial charge in [0.2, 0.25) is 0 Å². The Bertz CT molecular complexity index is 1240. The number of rotatable bonds is 5. The quantitative estimate of drug-likeness (QED) is 0.684. The lowest BCUT2D eigenvalue weighted by Crippen LogP contribution is -2.64. The molecule has 2 fully saturated rings. The molecule has 0 radical (unpaired) electrons. The van der Waals surface area contributed by atoms with Crippen molar-refractivity contribution in [3.05, 3.63) is 65.0 Å². The van der Waals surface area contributed by atoms with Crippen molar-refractivity contribution in [3.8, 4) is 5.75 Å². The van der Waals surface area contributed by atoms with Gasteiger partial charge in [-0.15, -0.1) is 0 Å². The van der Waals surface area contributed by atoms with E-state index in [9.17, 15) is 8.42 Å². The molecule has 34 heavy (non-hydrogen) atoms. The second kappa shape index (κ2) is 8.05. The summed E-state index contributed by atoms with van der Waals surface area (Å²) in [5, 5.41) is -1.00. The van der Waals surface area contributed by atoms with Gasteiger partial charge in [-0.3, -0.25) is 4.99 Å². The zero-order chi connectivity index (χ0) is 24.3. The van der Waals surface area contributed by atoms with Gasteiger partial charge in [-0.25, -0.2) is 12.8 Å². The number of ether oxygens (including phenoxy) is 2. The first-order valence-corrected chi connectivity index (χ1v) is 13.3. The Labute approximate surface area is 200 Å². The molecule has 182 valence electrons. The van der Waals surface area contributed by atoms with E-state index in [-0.39, 0.29) is 24.4 Å². The topological polar surface area (TPSA) is 91.0 Å². The molecule has 5 rings (SSSR count). The Morgan fingerprint density at radius 1 is 1.18 bits per heavy atom. The third-order valence-corrected chi connectivity index (χ3v) is 10.5. The predicted octanol–water partition coefficient (Wildman–Crippen LogP) is 4.21. The summed E-state index contributed by atoms with van der Waals surface area (Å²) in [5.74, 6) is 0.433. The van der Waals surface area contributed by atoms with Crippen LogP contribution in [0.25, 0.3) is 0 Å². The first kappa shape index (κ1) is 23.3. The number of halogens is 1. The standard InChI is InChI=1S/C26H31FN2O4S/c1-16-4-8-18(9-5-16)22-13-23-26(15-33-22,29-24(28)25(2,3)34(23,30)31)20-12-19(10-11-21(20)27)32-14-17-6-7-17/h4-5,8-12,17,22-23H,6-7,13-15H2,1-3H3,(H2,28,29)/t22-,23-,26-/m1/s1. The molecule has 6 nitrogen and oxygen atoms in total. The second-order valence-electron chi connectivity index (χ2n) is 10.3. The predicted molar refractivity (Wildman–Crippen MR) is 129 cm³/mol. The van der Waals surface area contributed by atoms with Crippen molar-refractivity contribution in [1.29, 1.82) is 0 Å². The normalized spacial score (nSPS) is 29.7. The van der Waals surface area contributed by atoms with Crippen molar-refractivity contribution in [2.24, 2.45) is 16.6 Å². The molecule has 1 saturated heterocycles. The van der Waals surface area contributed by atoms with Crippen LogP contribution in [-0.4, -0.2) is 37.5 Å². The molecule has 2 N–H and O–H groups in total. The van der Waals surface area contributed by atoms with Crippen molar-refractivity contribution in [2.75, 3.05) is 13.2 Å². The Kier molecular flexibility index (Phi) is 5.52. The summed E-state index contributed by atoms with van der Waals surface area (Å²) < 4.78 is 53.9. The highest BCUT2D eigenvalue weighted by atomic mass is 32.2. The van der Waals surface area contributed by atoms with Crippen LogP contribution in [0.4, 0.5) is 4.39 Å². The van der Waals surface area contributed by atoms with Crippen LogP contribution in [0, 0.1) is 18.7 Å². The van der Waals surface area contributed by atoms with Gasteiger partial charge in [-0.2, -0.15) is 0 Å². The maximum Gasteiger partial charge on any atom is 0.168 e. The first-order valence-electron chi connectivity index (χ1n) is 11.7. The molecule has 2 heterocycles. The summed E-state index contributed by atoms with van der Waals surface area (Å²) in [7, 11) is -3.86. The van der Waals surface area contributed by atoms with E-state index in [4.69, 9.17) is 20.2 Å². The fourth-order valence-corrected chi connectivity index (χ4v) is 7.10. The monoisotopic (exact) mass is 486 g/mol. The fourth-order valence-electron chi connectivity index (χ4n) is 4.87. The molecule has 0 spiro atoms. The Morgan fingerprint density at radius 3 is 2.56 bits per heavy atom. The molecule has 1 saturated carbocycles. The Morgan fingerprint density at radius 2 is 1.88 bits per heavy atom. The minimum Gasteiger partial charge on any atom is -0.493 e. The number of amidine groups is 1. The number of aliphatic imine (C=N–C) groups is 1. The van der Waals surface area contributed by atoms with E-state index in [0.717, 1.165) is 24.0 Å². The molecular weight excluding hydrogens is 455 g/mol. The maximum atomic E-state index is 15.4. The number of sulfone groups is 1. The van der Waals surface area contributed by atoms with Gasteiger partial charge < -0.3 is 15.2 Å². The number of nitrogens with two attached hydrogens (primary N) is 1. The van der Waals surface area contributed by atoms with Gasteiger partial charge in [-0.05, 0) is 69.7 Å². The molecule has 2 aromatic carbocycles. The SMILES string of the molecule is Cc1ccc([C@H]2C[C@@H]3[C@](c4cc(OCC5CC5)ccc4F)(CO2)N=C(N)C(C)(C)S3(=O)=O)cc1. The first-order chi connectivity index (χ1) is 16.0. The van der Waals surface area contributed by atoms with Crippen LogP contribution in [0.1, 0.15) is 55.9 Å². The molecule has 0 unspecified atom stereocenters. The highest BCUT2D eigenvalue weighted by Gasteiger charge is 2.61. The number of aryl methyl sites for hydroxylation is 1. The summed E-state index contributed by atoms with van der Waals surface area (Å²) in [6.07, 6.45) is 1.96. The van der Waals surface area contributed by atoms with E-state index >= 15 is 4.39 Å². The van der Waals surface area contributed by atoms with Crippen LogP contribution in [0.15, 0.2) is 47.5 Å². The highest BCUT2D eigenvalue weighted by molar-refractivity contribution is 7.94. The van der Waals surface area contributed by atoms with Gasteiger partial charge in [0.15, 0.2) is 9.84 Å². The summed E-state index contributed by atoms with van der Waals surface area (Å²) in [5.41, 5.74) is 6.89. The lowest BCUT2D eigenvalue weighted by molar-refractivity contribution is -0.0298. The van der Waals surface area contributed by atoms with Gasteiger partial charge in [-0.1, -0.05) is 29.8 Å². The average molecular weight is 487 g/mol. The summed E-state index contributed by atoms with van der Waals surface area (Å²) in [6, 6.07) is 12.3. The summed E-state index contributed by atoms with van der Waals surface area (Å²) >= 11 is 0. The van der Waals surface area contributed by atoms with Gasteiger partial charge in [0.25, 0.3) is 0 Å². The minimum absolute atomic E-state index is 0.0372. The van der Waals surface area contributed by atoms with Crippen LogP contribution in [0.3, 0.4) is 0 Å². The molecule has 3 atom stereocenters. The molecular formula is C26H31FN2O4S. The third kappa shape index (κ3) is 3.71. The number of hydrogen-bond donors (Lipinski definition) is 1. The molecule has 0 aromatic heterocycles. The molecule has 1 aliphatic carbocycles. The molecule has 0 amide bonds. The Hall–Kier alpha value is -2.45.